The van der Waals surface area contributed by atoms with E-state index < -0.39 is 6.29 Å². The lowest BCUT2D eigenvalue weighted by Crippen LogP contribution is -2.41. The van der Waals surface area contributed by atoms with Crippen molar-refractivity contribution in [3.05, 3.63) is 64.9 Å². The molecule has 8 heteroatoms. The number of esters is 1. The summed E-state index contributed by atoms with van der Waals surface area (Å²) >= 11 is 0. The number of carbonyl (C=O) groups is 1. The van der Waals surface area contributed by atoms with Crippen LogP contribution in [0.25, 0.3) is 0 Å². The van der Waals surface area contributed by atoms with E-state index in [-0.39, 0.29) is 42.9 Å². The summed E-state index contributed by atoms with van der Waals surface area (Å²) in [5.41, 5.74) is 2.65. The second-order valence-corrected chi connectivity index (χ2v) is 11.1. The predicted molar refractivity (Wildman–Crippen MR) is 151 cm³/mol. The Bertz CT molecular complexity index is 1160. The number of hydrogen-bond acceptors (Lipinski definition) is 7. The highest BCUT2D eigenvalue weighted by Gasteiger charge is 2.39. The molecular formula is C32H41NO7. The van der Waals surface area contributed by atoms with Crippen molar-refractivity contribution in [3.63, 3.8) is 0 Å². The Kier molecular flexibility index (Phi) is 9.47. The molecule has 2 aromatic carbocycles. The van der Waals surface area contributed by atoms with Crippen molar-refractivity contribution in [1.82, 2.24) is 0 Å². The minimum absolute atomic E-state index is 0.0380. The summed E-state index contributed by atoms with van der Waals surface area (Å²) in [6.45, 7) is 0. The molecule has 0 radical (unpaired) electrons. The summed E-state index contributed by atoms with van der Waals surface area (Å²) in [6.07, 6.45) is 8.77. The molecule has 3 aliphatic rings. The summed E-state index contributed by atoms with van der Waals surface area (Å²) < 4.78 is 23.4. The fourth-order valence-corrected chi connectivity index (χ4v) is 6.40. The maximum atomic E-state index is 13.3. The van der Waals surface area contributed by atoms with Gasteiger partial charge in [0.15, 0.2) is 17.8 Å². The van der Waals surface area contributed by atoms with Crippen molar-refractivity contribution in [3.8, 4) is 11.5 Å². The second kappa shape index (κ2) is 13.4. The summed E-state index contributed by atoms with van der Waals surface area (Å²) in [5.74, 6) is 0.923. The molecule has 5 rings (SSSR count). The molecule has 8 nitrogen and oxygen atoms in total. The van der Waals surface area contributed by atoms with Crippen molar-refractivity contribution in [2.24, 2.45) is 0 Å². The molecule has 0 bridgehead atoms. The third kappa shape index (κ3) is 6.72. The minimum Gasteiger partial charge on any atom is -0.493 e. The van der Waals surface area contributed by atoms with Crippen LogP contribution in [0, 0.1) is 5.21 Å². The average molecular weight is 552 g/mol. The van der Waals surface area contributed by atoms with Gasteiger partial charge in [-0.3, -0.25) is 10.0 Å². The number of nitrogens with zero attached hydrogens (tertiary/aromatic N) is 1. The van der Waals surface area contributed by atoms with Gasteiger partial charge in [-0.2, -0.15) is 0 Å². The number of rotatable bonds is 10. The fraction of sp³-hybridized carbons (Fsp3) is 0.562. The number of ether oxygens (including phenoxy) is 4. The van der Waals surface area contributed by atoms with Gasteiger partial charge in [-0.25, -0.2) is 0 Å². The Morgan fingerprint density at radius 1 is 0.950 bits per heavy atom. The van der Waals surface area contributed by atoms with Gasteiger partial charge in [-0.15, -0.1) is 0 Å². The van der Waals surface area contributed by atoms with Crippen LogP contribution >= 0.6 is 0 Å². The highest BCUT2D eigenvalue weighted by Crippen LogP contribution is 2.40. The van der Waals surface area contributed by atoms with E-state index in [1.807, 2.05) is 24.3 Å². The van der Waals surface area contributed by atoms with Crippen LogP contribution in [0.1, 0.15) is 93.6 Å². The van der Waals surface area contributed by atoms with E-state index in [0.717, 1.165) is 56.9 Å². The fourth-order valence-electron chi connectivity index (χ4n) is 6.40. The van der Waals surface area contributed by atoms with E-state index >= 15 is 0 Å². The predicted octanol–water partition coefficient (Wildman–Crippen LogP) is 6.41. The molecule has 2 aliphatic carbocycles. The SMILES string of the molecule is COC(=O)CCC1=[N+]([O-])O[C@H](O[C@H]2CCCC[C@@H]2c2ccccc2)C[C@H]1c1ccc(OC)c(OC2CCCC2)c1. The molecule has 216 valence electrons. The van der Waals surface area contributed by atoms with Crippen LogP contribution in [0.4, 0.5) is 0 Å². The highest BCUT2D eigenvalue weighted by atomic mass is 16.9. The van der Waals surface area contributed by atoms with Gasteiger partial charge < -0.3 is 23.8 Å². The summed E-state index contributed by atoms with van der Waals surface area (Å²) in [5, 5.41) is 13.3. The van der Waals surface area contributed by atoms with Gasteiger partial charge in [0.25, 0.3) is 0 Å². The Labute approximate surface area is 236 Å². The topological polar surface area (TPSA) is 89.3 Å². The van der Waals surface area contributed by atoms with Crippen LogP contribution in [-0.2, 0) is 19.1 Å². The molecular weight excluding hydrogens is 510 g/mol. The zero-order valence-electron chi connectivity index (χ0n) is 23.6. The molecule has 0 aromatic heterocycles. The first-order valence-electron chi connectivity index (χ1n) is 14.7. The zero-order valence-corrected chi connectivity index (χ0v) is 23.6. The lowest BCUT2D eigenvalue weighted by Gasteiger charge is -2.38. The van der Waals surface area contributed by atoms with Gasteiger partial charge in [0, 0.05) is 23.7 Å². The quantitative estimate of drug-likeness (QED) is 0.249. The van der Waals surface area contributed by atoms with Gasteiger partial charge in [-0.1, -0.05) is 49.2 Å². The Hall–Kier alpha value is -3.26. The first-order valence-corrected chi connectivity index (χ1v) is 14.7. The van der Waals surface area contributed by atoms with E-state index in [9.17, 15) is 10.0 Å². The molecule has 2 aromatic rings. The normalized spacial score (nSPS) is 25.4. The smallest absolute Gasteiger partial charge is 0.306 e. The van der Waals surface area contributed by atoms with Gasteiger partial charge in [-0.05, 0) is 61.8 Å². The van der Waals surface area contributed by atoms with Crippen LogP contribution in [0.15, 0.2) is 48.5 Å². The molecule has 0 unspecified atom stereocenters. The molecule has 4 atom stereocenters. The Morgan fingerprint density at radius 3 is 2.45 bits per heavy atom. The second-order valence-electron chi connectivity index (χ2n) is 11.1. The monoisotopic (exact) mass is 551 g/mol. The number of carbonyl (C=O) groups excluding carboxylic acids is 1. The maximum Gasteiger partial charge on any atom is 0.306 e. The van der Waals surface area contributed by atoms with Crippen LogP contribution in [0.3, 0.4) is 0 Å². The van der Waals surface area contributed by atoms with E-state index in [1.165, 1.54) is 12.7 Å². The molecule has 0 amide bonds. The average Bonchev–Trinajstić information content (AvgIpc) is 3.50. The third-order valence-corrected chi connectivity index (χ3v) is 8.53. The van der Waals surface area contributed by atoms with Gasteiger partial charge in [0.2, 0.25) is 5.71 Å². The first kappa shape index (κ1) is 28.3. The molecule has 0 saturated heterocycles. The lowest BCUT2D eigenvalue weighted by molar-refractivity contribution is -0.773. The van der Waals surface area contributed by atoms with Crippen LogP contribution in [-0.4, -0.2) is 49.3 Å². The molecule has 2 saturated carbocycles. The van der Waals surface area contributed by atoms with Gasteiger partial charge in [0.1, 0.15) is 0 Å². The Morgan fingerprint density at radius 2 is 1.70 bits per heavy atom. The maximum absolute atomic E-state index is 13.3. The van der Waals surface area contributed by atoms with Crippen molar-refractivity contribution >= 4 is 11.7 Å². The largest absolute Gasteiger partial charge is 0.493 e. The van der Waals surface area contributed by atoms with Crippen LogP contribution < -0.4 is 9.47 Å². The summed E-state index contributed by atoms with van der Waals surface area (Å²) in [6, 6.07) is 16.3. The number of benzene rings is 2. The van der Waals surface area contributed by atoms with Crippen molar-refractivity contribution < 1.29 is 33.5 Å². The summed E-state index contributed by atoms with van der Waals surface area (Å²) in [4.78, 5) is 18.3. The van der Waals surface area contributed by atoms with Crippen LogP contribution in [0.5, 0.6) is 11.5 Å². The highest BCUT2D eigenvalue weighted by molar-refractivity contribution is 5.89. The van der Waals surface area contributed by atoms with Gasteiger partial charge >= 0.3 is 5.97 Å². The van der Waals surface area contributed by atoms with Crippen LogP contribution in [0.2, 0.25) is 0 Å². The molecule has 1 aliphatic heterocycles. The standard InChI is InChI=1S/C32H41NO7/c1-36-29-18-16-23(20-30(29)38-24-12-6-7-13-24)26-21-32(40-33(35)27(26)17-19-31(34)37-2)39-28-15-9-8-14-25(28)22-10-4-3-5-11-22/h3-5,10-11,16,18,20,24-26,28,32H,6-9,12-15,17,19,21H2,1-2H3/t25-,26+,28+,32+/m1/s1. The van der Waals surface area contributed by atoms with Gasteiger partial charge in [0.05, 0.1) is 38.8 Å². The molecule has 0 N–H and O–H groups in total. The van der Waals surface area contributed by atoms with Crippen molar-refractivity contribution in [1.29, 1.82) is 0 Å². The minimum atomic E-state index is -0.708. The molecule has 2 fully saturated rings. The Balaban J connectivity index is 1.41. The zero-order chi connectivity index (χ0) is 27.9. The van der Waals surface area contributed by atoms with Crippen molar-refractivity contribution in [2.75, 3.05) is 14.2 Å². The number of methoxy groups -OCH3 is 2. The molecule has 0 spiro atoms. The number of hydrogen-bond donors (Lipinski definition) is 0. The van der Waals surface area contributed by atoms with E-state index in [0.29, 0.717) is 28.5 Å². The molecule has 1 heterocycles. The first-order chi connectivity index (χ1) is 19.6. The van der Waals surface area contributed by atoms with E-state index in [2.05, 4.69) is 24.3 Å². The van der Waals surface area contributed by atoms with E-state index in [4.69, 9.17) is 23.8 Å². The lowest BCUT2D eigenvalue weighted by atomic mass is 9.81. The van der Waals surface area contributed by atoms with Crippen molar-refractivity contribution in [2.45, 2.75) is 101 Å². The summed E-state index contributed by atoms with van der Waals surface area (Å²) in [7, 11) is 2.99. The molecule has 40 heavy (non-hydrogen) atoms. The van der Waals surface area contributed by atoms with E-state index in [1.54, 1.807) is 7.11 Å². The third-order valence-electron chi connectivity index (χ3n) is 8.53.